The average Bonchev–Trinajstić information content (AvgIpc) is 2.46. The highest BCUT2D eigenvalue weighted by molar-refractivity contribution is 5.81. The number of amides is 1. The van der Waals surface area contributed by atoms with Crippen molar-refractivity contribution >= 4 is 5.91 Å². The molecule has 1 aromatic rings. The van der Waals surface area contributed by atoms with Crippen LogP contribution in [0, 0.1) is 23.1 Å². The van der Waals surface area contributed by atoms with E-state index < -0.39 is 5.92 Å². The van der Waals surface area contributed by atoms with E-state index in [9.17, 15) is 9.18 Å². The predicted octanol–water partition coefficient (Wildman–Crippen LogP) is 2.60. The first kappa shape index (κ1) is 16.0. The van der Waals surface area contributed by atoms with Gasteiger partial charge >= 0.3 is 0 Å². The van der Waals surface area contributed by atoms with Gasteiger partial charge in [0, 0.05) is 19.5 Å². The van der Waals surface area contributed by atoms with Gasteiger partial charge in [-0.25, -0.2) is 4.39 Å². The fraction of sp³-hybridized carbons (Fsp3) is 0.467. The molecule has 20 heavy (non-hydrogen) atoms. The number of benzene rings is 1. The number of nitriles is 1. The van der Waals surface area contributed by atoms with Crippen LogP contribution in [0.15, 0.2) is 24.3 Å². The SMILES string of the molecule is CCN(CC)C(=O)C(C#N)CCOc1ccc(F)cc1. The summed E-state index contributed by atoms with van der Waals surface area (Å²) in [6.45, 7) is 5.19. The highest BCUT2D eigenvalue weighted by Crippen LogP contribution is 2.13. The minimum Gasteiger partial charge on any atom is -0.494 e. The monoisotopic (exact) mass is 278 g/mol. The Balaban J connectivity index is 2.48. The molecule has 1 amide bonds. The molecule has 1 aromatic carbocycles. The molecule has 0 aliphatic carbocycles. The summed E-state index contributed by atoms with van der Waals surface area (Å²) in [6.07, 6.45) is 0.323. The molecule has 0 bridgehead atoms. The molecule has 0 N–H and O–H groups in total. The largest absolute Gasteiger partial charge is 0.494 e. The average molecular weight is 278 g/mol. The van der Waals surface area contributed by atoms with E-state index in [1.165, 1.54) is 24.3 Å². The Morgan fingerprint density at radius 1 is 1.35 bits per heavy atom. The van der Waals surface area contributed by atoms with E-state index >= 15 is 0 Å². The van der Waals surface area contributed by atoms with Gasteiger partial charge in [0.1, 0.15) is 17.5 Å². The highest BCUT2D eigenvalue weighted by atomic mass is 19.1. The van der Waals surface area contributed by atoms with Crippen LogP contribution in [-0.2, 0) is 4.79 Å². The van der Waals surface area contributed by atoms with E-state index in [0.717, 1.165) is 0 Å². The summed E-state index contributed by atoms with van der Waals surface area (Å²) in [7, 11) is 0. The molecule has 4 nitrogen and oxygen atoms in total. The van der Waals surface area contributed by atoms with E-state index in [1.54, 1.807) is 4.90 Å². The number of rotatable bonds is 7. The summed E-state index contributed by atoms with van der Waals surface area (Å²) in [5, 5.41) is 9.07. The Kier molecular flexibility index (Phi) is 6.51. The molecular formula is C15H19FN2O2. The summed E-state index contributed by atoms with van der Waals surface area (Å²) in [5.74, 6) is -0.669. The van der Waals surface area contributed by atoms with Crippen molar-refractivity contribution in [3.05, 3.63) is 30.1 Å². The van der Waals surface area contributed by atoms with Crippen molar-refractivity contribution in [1.82, 2.24) is 4.90 Å². The van der Waals surface area contributed by atoms with Gasteiger partial charge in [0.25, 0.3) is 0 Å². The van der Waals surface area contributed by atoms with Crippen molar-refractivity contribution in [2.24, 2.45) is 5.92 Å². The smallest absolute Gasteiger partial charge is 0.240 e. The zero-order valence-corrected chi connectivity index (χ0v) is 11.8. The molecule has 0 aromatic heterocycles. The molecule has 0 spiro atoms. The molecule has 108 valence electrons. The van der Waals surface area contributed by atoms with Gasteiger partial charge in [0.05, 0.1) is 12.7 Å². The van der Waals surface area contributed by atoms with Crippen LogP contribution in [0.5, 0.6) is 5.75 Å². The summed E-state index contributed by atoms with van der Waals surface area (Å²) >= 11 is 0. The van der Waals surface area contributed by atoms with Crippen LogP contribution >= 0.6 is 0 Å². The molecule has 0 radical (unpaired) electrons. The van der Waals surface area contributed by atoms with E-state index in [1.807, 2.05) is 19.9 Å². The third-order valence-corrected chi connectivity index (χ3v) is 3.02. The first-order valence-electron chi connectivity index (χ1n) is 6.69. The third-order valence-electron chi connectivity index (χ3n) is 3.02. The number of carbonyl (C=O) groups is 1. The maximum absolute atomic E-state index is 12.7. The Morgan fingerprint density at radius 2 is 1.95 bits per heavy atom. The number of ether oxygens (including phenoxy) is 1. The minimum absolute atomic E-state index is 0.166. The second-order valence-electron chi connectivity index (χ2n) is 4.28. The Morgan fingerprint density at radius 3 is 2.45 bits per heavy atom. The van der Waals surface area contributed by atoms with Crippen molar-refractivity contribution in [2.75, 3.05) is 19.7 Å². The number of hydrogen-bond donors (Lipinski definition) is 0. The standard InChI is InChI=1S/C15H19FN2O2/c1-3-18(4-2)15(19)12(11-17)9-10-20-14-7-5-13(16)6-8-14/h5-8,12H,3-4,9-10H2,1-2H3. The fourth-order valence-corrected chi connectivity index (χ4v) is 1.82. The van der Waals surface area contributed by atoms with Crippen molar-refractivity contribution in [3.63, 3.8) is 0 Å². The second kappa shape index (κ2) is 8.16. The summed E-state index contributed by atoms with van der Waals surface area (Å²) in [5.41, 5.74) is 0. The molecule has 1 unspecified atom stereocenters. The van der Waals surface area contributed by atoms with E-state index in [-0.39, 0.29) is 18.3 Å². The number of nitrogens with zero attached hydrogens (tertiary/aromatic N) is 2. The van der Waals surface area contributed by atoms with Crippen molar-refractivity contribution in [1.29, 1.82) is 5.26 Å². The van der Waals surface area contributed by atoms with Crippen molar-refractivity contribution in [3.8, 4) is 11.8 Å². The number of halogens is 1. The van der Waals surface area contributed by atoms with Gasteiger partial charge in [-0.1, -0.05) is 0 Å². The van der Waals surface area contributed by atoms with Gasteiger partial charge in [0.15, 0.2) is 0 Å². The quantitative estimate of drug-likeness (QED) is 0.770. The second-order valence-corrected chi connectivity index (χ2v) is 4.28. The van der Waals surface area contributed by atoms with Crippen LogP contribution < -0.4 is 4.74 Å². The van der Waals surface area contributed by atoms with Crippen LogP contribution in [0.3, 0.4) is 0 Å². The summed E-state index contributed by atoms with van der Waals surface area (Å²) in [6, 6.07) is 7.66. The van der Waals surface area contributed by atoms with Crippen LogP contribution in [0.4, 0.5) is 4.39 Å². The number of carbonyl (C=O) groups excluding carboxylic acids is 1. The minimum atomic E-state index is -0.699. The van der Waals surface area contributed by atoms with Gasteiger partial charge in [-0.2, -0.15) is 5.26 Å². The third kappa shape index (κ3) is 4.54. The van der Waals surface area contributed by atoms with E-state index in [4.69, 9.17) is 10.00 Å². The Bertz CT molecular complexity index is 464. The maximum Gasteiger partial charge on any atom is 0.240 e. The number of hydrogen-bond acceptors (Lipinski definition) is 3. The first-order valence-corrected chi connectivity index (χ1v) is 6.69. The molecule has 5 heteroatoms. The molecule has 0 aliphatic heterocycles. The first-order chi connectivity index (χ1) is 9.62. The van der Waals surface area contributed by atoms with Crippen LogP contribution in [0.1, 0.15) is 20.3 Å². The Labute approximate surface area is 118 Å². The molecule has 0 aliphatic rings. The lowest BCUT2D eigenvalue weighted by molar-refractivity contribution is -0.133. The molecule has 1 atom stereocenters. The highest BCUT2D eigenvalue weighted by Gasteiger charge is 2.22. The lowest BCUT2D eigenvalue weighted by Gasteiger charge is -2.21. The molecular weight excluding hydrogens is 259 g/mol. The topological polar surface area (TPSA) is 53.3 Å². The van der Waals surface area contributed by atoms with Gasteiger partial charge in [-0.3, -0.25) is 4.79 Å². The molecule has 1 rings (SSSR count). The zero-order chi connectivity index (χ0) is 15.0. The van der Waals surface area contributed by atoms with Crippen LogP contribution in [0.2, 0.25) is 0 Å². The van der Waals surface area contributed by atoms with Crippen molar-refractivity contribution < 1.29 is 13.9 Å². The van der Waals surface area contributed by atoms with Gasteiger partial charge in [-0.15, -0.1) is 0 Å². The summed E-state index contributed by atoms with van der Waals surface area (Å²) < 4.78 is 18.1. The molecule has 0 fully saturated rings. The summed E-state index contributed by atoms with van der Waals surface area (Å²) in [4.78, 5) is 13.7. The van der Waals surface area contributed by atoms with E-state index in [0.29, 0.717) is 25.3 Å². The van der Waals surface area contributed by atoms with Gasteiger partial charge in [0.2, 0.25) is 5.91 Å². The van der Waals surface area contributed by atoms with E-state index in [2.05, 4.69) is 0 Å². The molecule has 0 heterocycles. The maximum atomic E-state index is 12.7. The van der Waals surface area contributed by atoms with Crippen LogP contribution in [-0.4, -0.2) is 30.5 Å². The molecule has 0 saturated heterocycles. The lowest BCUT2D eigenvalue weighted by Crippen LogP contribution is -2.36. The fourth-order valence-electron chi connectivity index (χ4n) is 1.82. The molecule has 0 saturated carbocycles. The van der Waals surface area contributed by atoms with Gasteiger partial charge in [-0.05, 0) is 38.1 Å². The van der Waals surface area contributed by atoms with Gasteiger partial charge < -0.3 is 9.64 Å². The van der Waals surface area contributed by atoms with Crippen LogP contribution in [0.25, 0.3) is 0 Å². The Hall–Kier alpha value is -2.09. The van der Waals surface area contributed by atoms with Crippen molar-refractivity contribution in [2.45, 2.75) is 20.3 Å². The zero-order valence-electron chi connectivity index (χ0n) is 11.8. The normalized spacial score (nSPS) is 11.5. The predicted molar refractivity (Wildman–Crippen MR) is 73.5 cm³/mol. The lowest BCUT2D eigenvalue weighted by atomic mass is 10.1.